The van der Waals surface area contributed by atoms with Crippen molar-refractivity contribution in [3.63, 3.8) is 0 Å². The number of aliphatic hydroxyl groups is 1. The quantitative estimate of drug-likeness (QED) is 0.922. The molecule has 0 radical (unpaired) electrons. The molecular formula is C19H20FNO2. The minimum atomic E-state index is -0.716. The SMILES string of the molecule is CN(Cc1ccccc1)C(=O)[C@@]1(c2ccc(F)cc2)C[C@H]1CO. The molecule has 1 fully saturated rings. The van der Waals surface area contributed by atoms with Crippen LogP contribution in [-0.2, 0) is 16.8 Å². The number of carbonyl (C=O) groups excluding carboxylic acids is 1. The molecule has 1 aliphatic carbocycles. The largest absolute Gasteiger partial charge is 0.396 e. The lowest BCUT2D eigenvalue weighted by Crippen LogP contribution is -2.38. The highest BCUT2D eigenvalue weighted by atomic mass is 19.1. The molecule has 4 heteroatoms. The van der Waals surface area contributed by atoms with Gasteiger partial charge in [-0.3, -0.25) is 4.79 Å². The third-order valence-electron chi connectivity index (χ3n) is 4.68. The summed E-state index contributed by atoms with van der Waals surface area (Å²) in [4.78, 5) is 14.7. The summed E-state index contributed by atoms with van der Waals surface area (Å²) in [5.74, 6) is -0.444. The van der Waals surface area contributed by atoms with Gasteiger partial charge in [0.25, 0.3) is 0 Å². The first-order chi connectivity index (χ1) is 11.1. The number of nitrogens with zero attached hydrogens (tertiary/aromatic N) is 1. The third-order valence-corrected chi connectivity index (χ3v) is 4.68. The van der Waals surface area contributed by atoms with Crippen LogP contribution in [0.25, 0.3) is 0 Å². The number of carbonyl (C=O) groups is 1. The zero-order valence-electron chi connectivity index (χ0n) is 13.1. The second-order valence-electron chi connectivity index (χ2n) is 6.21. The number of hydrogen-bond donors (Lipinski definition) is 1. The number of likely N-dealkylation sites (N-methyl/N-ethyl adjacent to an activating group) is 1. The summed E-state index contributed by atoms with van der Waals surface area (Å²) in [5.41, 5.74) is 1.12. The van der Waals surface area contributed by atoms with Gasteiger partial charge in [-0.15, -0.1) is 0 Å². The van der Waals surface area contributed by atoms with Gasteiger partial charge in [0.15, 0.2) is 0 Å². The zero-order valence-corrected chi connectivity index (χ0v) is 13.1. The van der Waals surface area contributed by atoms with Gasteiger partial charge in [-0.25, -0.2) is 4.39 Å². The highest BCUT2D eigenvalue weighted by molar-refractivity contribution is 5.92. The van der Waals surface area contributed by atoms with Crippen LogP contribution in [-0.4, -0.2) is 29.6 Å². The second-order valence-corrected chi connectivity index (χ2v) is 6.21. The fourth-order valence-corrected chi connectivity index (χ4v) is 3.31. The van der Waals surface area contributed by atoms with Gasteiger partial charge >= 0.3 is 0 Å². The normalized spacial score (nSPS) is 22.7. The minimum Gasteiger partial charge on any atom is -0.396 e. The summed E-state index contributed by atoms with van der Waals surface area (Å²) in [6, 6.07) is 15.8. The van der Waals surface area contributed by atoms with Crippen molar-refractivity contribution in [3.05, 3.63) is 71.5 Å². The molecule has 1 amide bonds. The molecule has 1 N–H and O–H groups in total. The first-order valence-electron chi connectivity index (χ1n) is 7.74. The molecule has 1 aliphatic rings. The Morgan fingerprint density at radius 3 is 2.43 bits per heavy atom. The molecule has 2 aromatic carbocycles. The third kappa shape index (κ3) is 2.86. The Morgan fingerprint density at radius 1 is 1.22 bits per heavy atom. The van der Waals surface area contributed by atoms with Gasteiger partial charge in [0, 0.05) is 26.1 Å². The highest BCUT2D eigenvalue weighted by Gasteiger charge is 2.61. The number of halogens is 1. The van der Waals surface area contributed by atoms with Crippen molar-refractivity contribution in [3.8, 4) is 0 Å². The average molecular weight is 313 g/mol. The van der Waals surface area contributed by atoms with E-state index in [0.717, 1.165) is 11.1 Å². The van der Waals surface area contributed by atoms with Crippen molar-refractivity contribution in [2.24, 2.45) is 5.92 Å². The van der Waals surface area contributed by atoms with E-state index in [2.05, 4.69) is 0 Å². The van der Waals surface area contributed by atoms with E-state index in [9.17, 15) is 14.3 Å². The van der Waals surface area contributed by atoms with Crippen LogP contribution in [0.4, 0.5) is 4.39 Å². The highest BCUT2D eigenvalue weighted by Crippen LogP contribution is 2.55. The van der Waals surface area contributed by atoms with Crippen molar-refractivity contribution in [1.82, 2.24) is 4.90 Å². The van der Waals surface area contributed by atoms with Crippen LogP contribution in [0.5, 0.6) is 0 Å². The minimum absolute atomic E-state index is 0.0213. The van der Waals surface area contributed by atoms with Gasteiger partial charge in [-0.05, 0) is 29.7 Å². The topological polar surface area (TPSA) is 40.5 Å². The molecule has 0 spiro atoms. The van der Waals surface area contributed by atoms with Crippen LogP contribution in [0.15, 0.2) is 54.6 Å². The Kier molecular flexibility index (Phi) is 4.18. The zero-order chi connectivity index (χ0) is 16.4. The standard InChI is InChI=1S/C19H20FNO2/c1-21(12-14-5-3-2-4-6-14)18(23)19(11-16(19)13-22)15-7-9-17(20)10-8-15/h2-10,16,22H,11-13H2,1H3/t16-,19+/m0/s1. The molecule has 0 aliphatic heterocycles. The van der Waals surface area contributed by atoms with Crippen molar-refractivity contribution in [2.45, 2.75) is 18.4 Å². The van der Waals surface area contributed by atoms with Crippen LogP contribution >= 0.6 is 0 Å². The molecule has 0 saturated heterocycles. The van der Waals surface area contributed by atoms with Crippen molar-refractivity contribution in [2.75, 3.05) is 13.7 Å². The Bertz CT molecular complexity index is 686. The predicted octanol–water partition coefficient (Wildman–Crippen LogP) is 2.73. The summed E-state index contributed by atoms with van der Waals surface area (Å²) >= 11 is 0. The van der Waals surface area contributed by atoms with E-state index in [1.165, 1.54) is 12.1 Å². The second kappa shape index (κ2) is 6.13. The van der Waals surface area contributed by atoms with Crippen molar-refractivity contribution in [1.29, 1.82) is 0 Å². The maximum absolute atomic E-state index is 13.2. The number of rotatable bonds is 5. The first-order valence-corrected chi connectivity index (χ1v) is 7.74. The van der Waals surface area contributed by atoms with E-state index in [1.54, 1.807) is 24.1 Å². The van der Waals surface area contributed by atoms with Crippen LogP contribution in [0.1, 0.15) is 17.5 Å². The molecule has 1 saturated carbocycles. The monoisotopic (exact) mass is 313 g/mol. The van der Waals surface area contributed by atoms with Crippen LogP contribution in [0.2, 0.25) is 0 Å². The van der Waals surface area contributed by atoms with E-state index < -0.39 is 5.41 Å². The summed E-state index contributed by atoms with van der Waals surface area (Å²) in [7, 11) is 1.77. The number of benzene rings is 2. The van der Waals surface area contributed by atoms with Crippen molar-refractivity contribution >= 4 is 5.91 Å². The average Bonchev–Trinajstić information content (AvgIpc) is 3.31. The van der Waals surface area contributed by atoms with E-state index in [0.29, 0.717) is 13.0 Å². The van der Waals surface area contributed by atoms with Crippen LogP contribution in [0, 0.1) is 11.7 Å². The summed E-state index contributed by atoms with van der Waals surface area (Å²) in [6.45, 7) is 0.475. The Balaban J connectivity index is 1.84. The molecule has 2 atom stereocenters. The van der Waals surface area contributed by atoms with Gasteiger partial charge in [-0.1, -0.05) is 42.5 Å². The van der Waals surface area contributed by atoms with Crippen LogP contribution in [0.3, 0.4) is 0 Å². The van der Waals surface area contributed by atoms with E-state index >= 15 is 0 Å². The van der Waals surface area contributed by atoms with Gasteiger partial charge in [0.05, 0.1) is 5.41 Å². The maximum Gasteiger partial charge on any atom is 0.233 e. The molecule has 0 bridgehead atoms. The first kappa shape index (κ1) is 15.7. The molecule has 0 heterocycles. The van der Waals surface area contributed by atoms with E-state index in [1.807, 2.05) is 30.3 Å². The lowest BCUT2D eigenvalue weighted by molar-refractivity contribution is -0.133. The number of aliphatic hydroxyl groups excluding tert-OH is 1. The lowest BCUT2D eigenvalue weighted by atomic mass is 9.91. The number of hydrogen-bond acceptors (Lipinski definition) is 2. The smallest absolute Gasteiger partial charge is 0.233 e. The number of amides is 1. The molecular weight excluding hydrogens is 293 g/mol. The summed E-state index contributed by atoms with van der Waals surface area (Å²) < 4.78 is 13.2. The van der Waals surface area contributed by atoms with Crippen LogP contribution < -0.4 is 0 Å². The Labute approximate surface area is 135 Å². The van der Waals surface area contributed by atoms with Gasteiger partial charge in [0.2, 0.25) is 5.91 Å². The molecule has 120 valence electrons. The Hall–Kier alpha value is -2.20. The molecule has 3 nitrogen and oxygen atoms in total. The summed E-state index contributed by atoms with van der Waals surface area (Å²) in [6.07, 6.45) is 0.604. The molecule has 2 aromatic rings. The molecule has 0 aromatic heterocycles. The maximum atomic E-state index is 13.2. The fraction of sp³-hybridized carbons (Fsp3) is 0.316. The van der Waals surface area contributed by atoms with Gasteiger partial charge in [0.1, 0.15) is 5.82 Å². The van der Waals surface area contributed by atoms with Gasteiger partial charge in [-0.2, -0.15) is 0 Å². The summed E-state index contributed by atoms with van der Waals surface area (Å²) in [5, 5.41) is 9.53. The van der Waals surface area contributed by atoms with Gasteiger partial charge < -0.3 is 10.0 Å². The Morgan fingerprint density at radius 2 is 1.87 bits per heavy atom. The van der Waals surface area contributed by atoms with E-state index in [4.69, 9.17) is 0 Å². The van der Waals surface area contributed by atoms with E-state index in [-0.39, 0.29) is 24.2 Å². The lowest BCUT2D eigenvalue weighted by Gasteiger charge is -2.25. The predicted molar refractivity (Wildman–Crippen MR) is 86.2 cm³/mol. The molecule has 23 heavy (non-hydrogen) atoms. The molecule has 0 unspecified atom stereocenters. The van der Waals surface area contributed by atoms with Crippen molar-refractivity contribution < 1.29 is 14.3 Å². The fourth-order valence-electron chi connectivity index (χ4n) is 3.31. The molecule has 3 rings (SSSR count).